The smallest absolute Gasteiger partial charge is 0.233 e. The Kier molecular flexibility index (Phi) is 5.75. The number of hydrogen-bond donors (Lipinski definition) is 1. The second-order valence-corrected chi connectivity index (χ2v) is 8.42. The van der Waals surface area contributed by atoms with Crippen molar-refractivity contribution in [1.82, 2.24) is 9.97 Å². The molecule has 0 unspecified atom stereocenters. The molecule has 0 radical (unpaired) electrons. The van der Waals surface area contributed by atoms with Gasteiger partial charge in [0.25, 0.3) is 0 Å². The van der Waals surface area contributed by atoms with Gasteiger partial charge >= 0.3 is 0 Å². The van der Waals surface area contributed by atoms with E-state index in [-0.39, 0.29) is 5.88 Å². The second-order valence-electron chi connectivity index (χ2n) is 7.44. The third-order valence-electron chi connectivity index (χ3n) is 5.44. The molecule has 3 heterocycles. The lowest BCUT2D eigenvalue weighted by molar-refractivity contribution is 0.122. The molecule has 0 aliphatic carbocycles. The molecule has 0 atom stereocenters. The standard InChI is InChI=1S/C25H23N3O3S/c1-30-22-11-10-18(16-19(22)17-6-3-2-4-7-17)20-8-5-9-21(26-20)23-24(29)27-25(32-23)28-12-14-31-15-13-28/h2-11,16,29H,12-15H2,1H3. The van der Waals surface area contributed by atoms with Crippen molar-refractivity contribution in [1.29, 1.82) is 0 Å². The highest BCUT2D eigenvalue weighted by molar-refractivity contribution is 7.19. The van der Waals surface area contributed by atoms with Crippen molar-refractivity contribution < 1.29 is 14.6 Å². The van der Waals surface area contributed by atoms with Crippen molar-refractivity contribution in [2.75, 3.05) is 38.3 Å². The lowest BCUT2D eigenvalue weighted by Gasteiger charge is -2.25. The van der Waals surface area contributed by atoms with Gasteiger partial charge in [0.2, 0.25) is 5.88 Å². The Morgan fingerprint density at radius 2 is 1.69 bits per heavy atom. The highest BCUT2D eigenvalue weighted by atomic mass is 32.1. The average Bonchev–Trinajstić information content (AvgIpc) is 3.26. The molecule has 1 fully saturated rings. The van der Waals surface area contributed by atoms with Gasteiger partial charge in [-0.15, -0.1) is 0 Å². The van der Waals surface area contributed by atoms with E-state index >= 15 is 0 Å². The topological polar surface area (TPSA) is 67.7 Å². The SMILES string of the molecule is COc1ccc(-c2cccc(-c3sc(N4CCOCC4)nc3O)n2)cc1-c1ccccc1. The van der Waals surface area contributed by atoms with Crippen LogP contribution in [0.15, 0.2) is 66.7 Å². The van der Waals surface area contributed by atoms with Gasteiger partial charge < -0.3 is 19.5 Å². The normalized spacial score (nSPS) is 13.8. The summed E-state index contributed by atoms with van der Waals surface area (Å²) in [5.74, 6) is 0.826. The molecule has 2 aromatic heterocycles. The first-order valence-electron chi connectivity index (χ1n) is 10.5. The van der Waals surface area contributed by atoms with E-state index in [9.17, 15) is 5.11 Å². The Hall–Kier alpha value is -3.42. The average molecular weight is 446 g/mol. The summed E-state index contributed by atoms with van der Waals surface area (Å²) in [6.45, 7) is 2.89. The van der Waals surface area contributed by atoms with Crippen molar-refractivity contribution >= 4 is 16.5 Å². The zero-order valence-electron chi connectivity index (χ0n) is 17.7. The van der Waals surface area contributed by atoms with Crippen molar-refractivity contribution in [3.63, 3.8) is 0 Å². The number of benzene rings is 2. The molecule has 7 heteroatoms. The van der Waals surface area contributed by atoms with Crippen LogP contribution in [0, 0.1) is 0 Å². The fraction of sp³-hybridized carbons (Fsp3) is 0.200. The Morgan fingerprint density at radius 1 is 0.906 bits per heavy atom. The number of rotatable bonds is 5. The van der Waals surface area contributed by atoms with Crippen LogP contribution in [0.5, 0.6) is 11.6 Å². The molecular weight excluding hydrogens is 422 g/mol. The molecule has 162 valence electrons. The first-order valence-corrected chi connectivity index (χ1v) is 11.3. The molecule has 32 heavy (non-hydrogen) atoms. The van der Waals surface area contributed by atoms with Gasteiger partial charge in [0.05, 0.1) is 31.7 Å². The molecule has 1 N–H and O–H groups in total. The van der Waals surface area contributed by atoms with Crippen molar-refractivity contribution in [3.05, 3.63) is 66.7 Å². The van der Waals surface area contributed by atoms with Gasteiger partial charge in [-0.1, -0.05) is 47.7 Å². The minimum absolute atomic E-state index is 0.0147. The molecule has 5 rings (SSSR count). The summed E-state index contributed by atoms with van der Waals surface area (Å²) in [5, 5.41) is 11.3. The second kappa shape index (κ2) is 8.98. The number of aromatic nitrogens is 2. The van der Waals surface area contributed by atoms with E-state index in [4.69, 9.17) is 14.5 Å². The summed E-state index contributed by atoms with van der Waals surface area (Å²) in [7, 11) is 1.68. The van der Waals surface area contributed by atoms with Crippen LogP contribution in [-0.4, -0.2) is 48.5 Å². The van der Waals surface area contributed by atoms with Crippen LogP contribution >= 0.6 is 11.3 Å². The van der Waals surface area contributed by atoms with E-state index in [2.05, 4.69) is 28.1 Å². The summed E-state index contributed by atoms with van der Waals surface area (Å²) in [6, 6.07) is 22.0. The third-order valence-corrected chi connectivity index (χ3v) is 6.57. The number of hydrogen-bond acceptors (Lipinski definition) is 7. The summed E-state index contributed by atoms with van der Waals surface area (Å²) >= 11 is 1.46. The van der Waals surface area contributed by atoms with Gasteiger partial charge in [-0.05, 0) is 35.9 Å². The largest absolute Gasteiger partial charge is 0.496 e. The lowest BCUT2D eigenvalue weighted by Crippen LogP contribution is -2.36. The van der Waals surface area contributed by atoms with E-state index in [1.807, 2.05) is 48.5 Å². The maximum atomic E-state index is 10.5. The summed E-state index contributed by atoms with van der Waals surface area (Å²) in [6.07, 6.45) is 0. The fourth-order valence-corrected chi connectivity index (χ4v) is 4.77. The molecule has 0 bridgehead atoms. The molecule has 1 aliphatic heterocycles. The highest BCUT2D eigenvalue weighted by Gasteiger charge is 2.20. The number of morpholine rings is 1. The Labute approximate surface area is 190 Å². The van der Waals surface area contributed by atoms with Crippen molar-refractivity contribution in [2.24, 2.45) is 0 Å². The van der Waals surface area contributed by atoms with E-state index in [1.165, 1.54) is 11.3 Å². The lowest BCUT2D eigenvalue weighted by atomic mass is 10.00. The van der Waals surface area contributed by atoms with Crippen LogP contribution in [0.1, 0.15) is 0 Å². The first kappa shape index (κ1) is 20.5. The molecular formula is C25H23N3O3S. The Balaban J connectivity index is 1.51. The maximum absolute atomic E-state index is 10.5. The number of ether oxygens (including phenoxy) is 2. The van der Waals surface area contributed by atoms with Gasteiger partial charge in [0.15, 0.2) is 5.13 Å². The zero-order valence-corrected chi connectivity index (χ0v) is 18.5. The van der Waals surface area contributed by atoms with Gasteiger partial charge in [0, 0.05) is 24.2 Å². The van der Waals surface area contributed by atoms with Crippen LogP contribution in [0.3, 0.4) is 0 Å². The molecule has 2 aromatic carbocycles. The molecule has 1 aliphatic rings. The maximum Gasteiger partial charge on any atom is 0.233 e. The molecule has 1 saturated heterocycles. The molecule has 6 nitrogen and oxygen atoms in total. The number of pyridine rings is 1. The number of anilines is 1. The quantitative estimate of drug-likeness (QED) is 0.462. The summed E-state index contributed by atoms with van der Waals surface area (Å²) < 4.78 is 11.0. The van der Waals surface area contributed by atoms with E-state index in [1.54, 1.807) is 7.11 Å². The minimum Gasteiger partial charge on any atom is -0.496 e. The van der Waals surface area contributed by atoms with Gasteiger partial charge in [-0.2, -0.15) is 4.98 Å². The monoisotopic (exact) mass is 445 g/mol. The van der Waals surface area contributed by atoms with Crippen LogP contribution < -0.4 is 9.64 Å². The molecule has 0 saturated carbocycles. The number of thiazole rings is 1. The number of methoxy groups -OCH3 is 1. The van der Waals surface area contributed by atoms with Crippen LogP contribution in [0.4, 0.5) is 5.13 Å². The third kappa shape index (κ3) is 4.04. The Bertz CT molecular complexity index is 1220. The van der Waals surface area contributed by atoms with Crippen molar-refractivity contribution in [3.8, 4) is 44.6 Å². The molecule has 4 aromatic rings. The highest BCUT2D eigenvalue weighted by Crippen LogP contribution is 2.39. The van der Waals surface area contributed by atoms with E-state index in [0.29, 0.717) is 23.8 Å². The van der Waals surface area contributed by atoms with E-state index < -0.39 is 0 Å². The number of nitrogens with zero attached hydrogens (tertiary/aromatic N) is 3. The Morgan fingerprint density at radius 3 is 2.47 bits per heavy atom. The fourth-order valence-electron chi connectivity index (χ4n) is 3.79. The molecule has 0 amide bonds. The van der Waals surface area contributed by atoms with Crippen molar-refractivity contribution in [2.45, 2.75) is 0 Å². The predicted octanol–water partition coefficient (Wildman–Crippen LogP) is 5.09. The summed E-state index contributed by atoms with van der Waals surface area (Å²) in [5.41, 5.74) is 4.59. The minimum atomic E-state index is 0.0147. The van der Waals surface area contributed by atoms with Crippen LogP contribution in [-0.2, 0) is 4.74 Å². The van der Waals surface area contributed by atoms with E-state index in [0.717, 1.165) is 46.4 Å². The van der Waals surface area contributed by atoms with Crippen LogP contribution in [0.2, 0.25) is 0 Å². The van der Waals surface area contributed by atoms with Gasteiger partial charge in [-0.3, -0.25) is 0 Å². The molecule has 0 spiro atoms. The van der Waals surface area contributed by atoms with Gasteiger partial charge in [0.1, 0.15) is 10.6 Å². The zero-order chi connectivity index (χ0) is 21.9. The van der Waals surface area contributed by atoms with Crippen LogP contribution in [0.25, 0.3) is 33.0 Å². The summed E-state index contributed by atoms with van der Waals surface area (Å²) in [4.78, 5) is 12.0. The van der Waals surface area contributed by atoms with Gasteiger partial charge in [-0.25, -0.2) is 4.98 Å². The number of aromatic hydroxyl groups is 1. The predicted molar refractivity (Wildman–Crippen MR) is 127 cm³/mol. The first-order chi connectivity index (χ1) is 15.7.